The lowest BCUT2D eigenvalue weighted by Gasteiger charge is -2.27. The molecule has 1 amide bonds. The molecule has 1 saturated heterocycles. The van der Waals surface area contributed by atoms with Crippen molar-refractivity contribution in [3.63, 3.8) is 0 Å². The molecule has 3 nitrogen and oxygen atoms in total. The van der Waals surface area contributed by atoms with Gasteiger partial charge in [-0.3, -0.25) is 10.2 Å². The number of rotatable bonds is 1. The van der Waals surface area contributed by atoms with Gasteiger partial charge in [-0.25, -0.2) is 5.01 Å². The molecular formula is C7H14N2O. The van der Waals surface area contributed by atoms with E-state index in [1.54, 1.807) is 0 Å². The highest BCUT2D eigenvalue weighted by Crippen LogP contribution is 2.21. The molecule has 0 aromatic carbocycles. The van der Waals surface area contributed by atoms with Gasteiger partial charge in [0.2, 0.25) is 5.91 Å². The van der Waals surface area contributed by atoms with Crippen LogP contribution in [0.5, 0.6) is 0 Å². The molecule has 0 saturated carbocycles. The number of nitrogens with one attached hydrogen (secondary N) is 1. The fourth-order valence-electron chi connectivity index (χ4n) is 1.34. The molecule has 1 aliphatic heterocycles. The Labute approximate surface area is 61.4 Å². The van der Waals surface area contributed by atoms with E-state index in [-0.39, 0.29) is 11.4 Å². The van der Waals surface area contributed by atoms with Crippen molar-refractivity contribution < 1.29 is 4.79 Å². The SMILES string of the molecule is CCN1NC(=O)CC1(C)C. The van der Waals surface area contributed by atoms with Crippen LogP contribution in [-0.4, -0.2) is 23.0 Å². The smallest absolute Gasteiger partial charge is 0.236 e. The second-order valence-electron chi connectivity index (χ2n) is 3.27. The number of amides is 1. The summed E-state index contributed by atoms with van der Waals surface area (Å²) < 4.78 is 0. The third-order valence-corrected chi connectivity index (χ3v) is 1.90. The molecule has 0 unspecified atom stereocenters. The van der Waals surface area contributed by atoms with Crippen LogP contribution in [0.3, 0.4) is 0 Å². The molecule has 0 aromatic rings. The topological polar surface area (TPSA) is 32.3 Å². The van der Waals surface area contributed by atoms with E-state index >= 15 is 0 Å². The van der Waals surface area contributed by atoms with Gasteiger partial charge in [0.05, 0.1) is 0 Å². The highest BCUT2D eigenvalue weighted by molar-refractivity contribution is 5.78. The van der Waals surface area contributed by atoms with Crippen LogP contribution in [0.15, 0.2) is 0 Å². The van der Waals surface area contributed by atoms with Crippen molar-refractivity contribution in [2.45, 2.75) is 32.7 Å². The Morgan fingerprint density at radius 3 is 2.50 bits per heavy atom. The molecule has 1 rings (SSSR count). The maximum absolute atomic E-state index is 10.9. The molecule has 1 heterocycles. The van der Waals surface area contributed by atoms with Gasteiger partial charge in [-0.1, -0.05) is 6.92 Å². The van der Waals surface area contributed by atoms with Crippen molar-refractivity contribution in [3.05, 3.63) is 0 Å². The van der Waals surface area contributed by atoms with Crippen LogP contribution >= 0.6 is 0 Å². The summed E-state index contributed by atoms with van der Waals surface area (Å²) >= 11 is 0. The summed E-state index contributed by atoms with van der Waals surface area (Å²) in [4.78, 5) is 10.9. The van der Waals surface area contributed by atoms with Crippen LogP contribution in [0, 0.1) is 0 Å². The van der Waals surface area contributed by atoms with E-state index in [1.807, 2.05) is 11.9 Å². The summed E-state index contributed by atoms with van der Waals surface area (Å²) in [6.45, 7) is 7.04. The predicted molar refractivity (Wildman–Crippen MR) is 39.2 cm³/mol. The summed E-state index contributed by atoms with van der Waals surface area (Å²) in [5.74, 6) is 0.131. The van der Waals surface area contributed by atoms with E-state index < -0.39 is 0 Å². The van der Waals surface area contributed by atoms with Gasteiger partial charge in [0.1, 0.15) is 0 Å². The minimum atomic E-state index is 0.00579. The van der Waals surface area contributed by atoms with E-state index in [1.165, 1.54) is 0 Å². The lowest BCUT2D eigenvalue weighted by atomic mass is 10.0. The van der Waals surface area contributed by atoms with Crippen molar-refractivity contribution in [1.82, 2.24) is 10.4 Å². The van der Waals surface area contributed by atoms with Crippen molar-refractivity contribution in [3.8, 4) is 0 Å². The second kappa shape index (κ2) is 2.23. The molecule has 0 radical (unpaired) electrons. The third-order valence-electron chi connectivity index (χ3n) is 1.90. The average Bonchev–Trinajstić information content (AvgIpc) is 2.04. The quantitative estimate of drug-likeness (QED) is 0.579. The van der Waals surface area contributed by atoms with Gasteiger partial charge in [-0.05, 0) is 13.8 Å². The van der Waals surface area contributed by atoms with Crippen molar-refractivity contribution in [1.29, 1.82) is 0 Å². The average molecular weight is 142 g/mol. The van der Waals surface area contributed by atoms with Crippen LogP contribution in [0.25, 0.3) is 0 Å². The van der Waals surface area contributed by atoms with Crippen molar-refractivity contribution in [2.24, 2.45) is 0 Å². The standard InChI is InChI=1S/C7H14N2O/c1-4-9-7(2,3)5-6(10)8-9/h4-5H2,1-3H3,(H,8,10). The Balaban J connectivity index is 2.67. The fourth-order valence-corrected chi connectivity index (χ4v) is 1.34. The predicted octanol–water partition coefficient (Wildman–Crippen LogP) is 0.522. The second-order valence-corrected chi connectivity index (χ2v) is 3.27. The minimum Gasteiger partial charge on any atom is -0.288 e. The fraction of sp³-hybridized carbons (Fsp3) is 0.857. The Kier molecular flexibility index (Phi) is 1.68. The Morgan fingerprint density at radius 1 is 1.70 bits per heavy atom. The number of hydrogen-bond donors (Lipinski definition) is 1. The summed E-state index contributed by atoms with van der Waals surface area (Å²) in [6.07, 6.45) is 0.612. The third kappa shape index (κ3) is 1.14. The number of carbonyl (C=O) groups excluding carboxylic acids is 1. The van der Waals surface area contributed by atoms with Gasteiger partial charge < -0.3 is 0 Å². The normalized spacial score (nSPS) is 24.9. The van der Waals surface area contributed by atoms with Gasteiger partial charge in [-0.2, -0.15) is 0 Å². The molecule has 1 N–H and O–H groups in total. The summed E-state index contributed by atoms with van der Waals surface area (Å²) in [5.41, 5.74) is 2.79. The molecule has 0 aromatic heterocycles. The van der Waals surface area contributed by atoms with Crippen LogP contribution < -0.4 is 5.43 Å². The molecule has 0 atom stereocenters. The van der Waals surface area contributed by atoms with Crippen molar-refractivity contribution >= 4 is 5.91 Å². The van der Waals surface area contributed by atoms with Gasteiger partial charge in [0.25, 0.3) is 0 Å². The zero-order valence-corrected chi connectivity index (χ0v) is 6.77. The van der Waals surface area contributed by atoms with E-state index in [9.17, 15) is 4.79 Å². The molecule has 58 valence electrons. The molecular weight excluding hydrogens is 128 g/mol. The molecule has 0 bridgehead atoms. The largest absolute Gasteiger partial charge is 0.288 e. The monoisotopic (exact) mass is 142 g/mol. The van der Waals surface area contributed by atoms with E-state index in [0.717, 1.165) is 6.54 Å². The lowest BCUT2D eigenvalue weighted by Crippen LogP contribution is -2.43. The maximum Gasteiger partial charge on any atom is 0.236 e. The van der Waals surface area contributed by atoms with Gasteiger partial charge >= 0.3 is 0 Å². The zero-order chi connectivity index (χ0) is 7.78. The van der Waals surface area contributed by atoms with Gasteiger partial charge in [0.15, 0.2) is 0 Å². The number of hydrogen-bond acceptors (Lipinski definition) is 2. The number of hydrazine groups is 1. The minimum absolute atomic E-state index is 0.00579. The molecule has 0 spiro atoms. The first-order chi connectivity index (χ1) is 4.56. The summed E-state index contributed by atoms with van der Waals surface area (Å²) in [6, 6.07) is 0. The van der Waals surface area contributed by atoms with Crippen LogP contribution in [-0.2, 0) is 4.79 Å². The van der Waals surface area contributed by atoms with Crippen LogP contribution in [0.1, 0.15) is 27.2 Å². The Bertz CT molecular complexity index is 154. The van der Waals surface area contributed by atoms with E-state index in [0.29, 0.717) is 6.42 Å². The highest BCUT2D eigenvalue weighted by atomic mass is 16.2. The van der Waals surface area contributed by atoms with Gasteiger partial charge in [0, 0.05) is 18.5 Å². The molecule has 1 fully saturated rings. The Hall–Kier alpha value is -0.570. The van der Waals surface area contributed by atoms with Crippen LogP contribution in [0.2, 0.25) is 0 Å². The van der Waals surface area contributed by atoms with Crippen LogP contribution in [0.4, 0.5) is 0 Å². The highest BCUT2D eigenvalue weighted by Gasteiger charge is 2.35. The first kappa shape index (κ1) is 7.54. The number of carbonyl (C=O) groups is 1. The lowest BCUT2D eigenvalue weighted by molar-refractivity contribution is -0.120. The van der Waals surface area contributed by atoms with E-state index in [2.05, 4.69) is 19.3 Å². The molecule has 0 aliphatic carbocycles. The first-order valence-electron chi connectivity index (χ1n) is 3.63. The van der Waals surface area contributed by atoms with Gasteiger partial charge in [-0.15, -0.1) is 0 Å². The van der Waals surface area contributed by atoms with E-state index in [4.69, 9.17) is 0 Å². The maximum atomic E-state index is 10.9. The molecule has 1 aliphatic rings. The number of nitrogens with zero attached hydrogens (tertiary/aromatic N) is 1. The molecule has 10 heavy (non-hydrogen) atoms. The first-order valence-corrected chi connectivity index (χ1v) is 3.63. The summed E-state index contributed by atoms with van der Waals surface area (Å²) in [7, 11) is 0. The summed E-state index contributed by atoms with van der Waals surface area (Å²) in [5, 5.41) is 1.97. The zero-order valence-electron chi connectivity index (χ0n) is 6.77. The van der Waals surface area contributed by atoms with Crippen molar-refractivity contribution in [2.75, 3.05) is 6.54 Å². The Morgan fingerprint density at radius 2 is 2.30 bits per heavy atom. The molecule has 3 heteroatoms.